The molecular weight excluding hydrogens is 252 g/mol. The Morgan fingerprint density at radius 3 is 2.40 bits per heavy atom. The van der Waals surface area contributed by atoms with E-state index in [4.69, 9.17) is 23.2 Å². The van der Waals surface area contributed by atoms with Crippen LogP contribution in [0.2, 0.25) is 5.02 Å². The lowest BCUT2D eigenvalue weighted by Gasteiger charge is -2.09. The number of rotatable bonds is 2. The van der Waals surface area contributed by atoms with Crippen molar-refractivity contribution in [1.29, 1.82) is 0 Å². The SMILES string of the molecule is O=C(Cl)c1ccc(Cl)cc1CC(F)(F)F. The molecule has 15 heavy (non-hydrogen) atoms. The van der Waals surface area contributed by atoms with Gasteiger partial charge in [0.25, 0.3) is 5.24 Å². The lowest BCUT2D eigenvalue weighted by atomic mass is 10.1. The van der Waals surface area contributed by atoms with Gasteiger partial charge in [-0.25, -0.2) is 0 Å². The zero-order valence-corrected chi connectivity index (χ0v) is 8.75. The van der Waals surface area contributed by atoms with Crippen molar-refractivity contribution in [3.05, 3.63) is 34.3 Å². The second-order valence-electron chi connectivity index (χ2n) is 2.87. The van der Waals surface area contributed by atoms with Crippen molar-refractivity contribution in [2.75, 3.05) is 0 Å². The topological polar surface area (TPSA) is 17.1 Å². The van der Waals surface area contributed by atoms with Gasteiger partial charge in [-0.2, -0.15) is 13.2 Å². The highest BCUT2D eigenvalue weighted by Gasteiger charge is 2.29. The Hall–Kier alpha value is -0.740. The molecule has 0 bridgehead atoms. The van der Waals surface area contributed by atoms with Crippen LogP contribution in [0.4, 0.5) is 13.2 Å². The van der Waals surface area contributed by atoms with E-state index < -0.39 is 17.8 Å². The second-order valence-corrected chi connectivity index (χ2v) is 3.65. The van der Waals surface area contributed by atoms with Crippen LogP contribution in [0.15, 0.2) is 18.2 Å². The third-order valence-corrected chi connectivity index (χ3v) is 2.11. The number of alkyl halides is 3. The Morgan fingerprint density at radius 2 is 1.93 bits per heavy atom. The van der Waals surface area contributed by atoms with Crippen LogP contribution in [0, 0.1) is 0 Å². The van der Waals surface area contributed by atoms with Crippen molar-refractivity contribution >= 4 is 28.4 Å². The normalized spacial score (nSPS) is 11.5. The summed E-state index contributed by atoms with van der Waals surface area (Å²) in [5.41, 5.74) is -0.381. The van der Waals surface area contributed by atoms with E-state index in [2.05, 4.69) is 0 Å². The molecule has 1 rings (SSSR count). The first-order valence-corrected chi connectivity index (χ1v) is 4.60. The van der Waals surface area contributed by atoms with Crippen molar-refractivity contribution in [3.8, 4) is 0 Å². The highest BCUT2D eigenvalue weighted by atomic mass is 35.5. The average Bonchev–Trinajstić information content (AvgIpc) is 1.99. The summed E-state index contributed by atoms with van der Waals surface area (Å²) in [5.74, 6) is 0. The van der Waals surface area contributed by atoms with Gasteiger partial charge in [-0.15, -0.1) is 0 Å². The molecule has 1 aromatic carbocycles. The molecular formula is C9H5Cl2F3O. The minimum absolute atomic E-state index is 0.135. The third kappa shape index (κ3) is 3.72. The minimum atomic E-state index is -4.40. The summed E-state index contributed by atoms with van der Waals surface area (Å²) in [6, 6.07) is 3.58. The zero-order chi connectivity index (χ0) is 11.6. The van der Waals surface area contributed by atoms with Gasteiger partial charge in [0.1, 0.15) is 0 Å². The number of hydrogen-bond acceptors (Lipinski definition) is 1. The molecule has 0 saturated heterocycles. The lowest BCUT2D eigenvalue weighted by molar-refractivity contribution is -0.127. The van der Waals surface area contributed by atoms with Gasteiger partial charge in [0.2, 0.25) is 0 Å². The molecule has 1 aromatic rings. The van der Waals surface area contributed by atoms with E-state index >= 15 is 0 Å². The first-order valence-electron chi connectivity index (χ1n) is 3.84. The summed E-state index contributed by atoms with van der Waals surface area (Å²) < 4.78 is 36.4. The average molecular weight is 257 g/mol. The molecule has 0 heterocycles. The highest BCUT2D eigenvalue weighted by Crippen LogP contribution is 2.26. The van der Waals surface area contributed by atoms with Gasteiger partial charge in [-0.3, -0.25) is 4.79 Å². The van der Waals surface area contributed by atoms with Crippen LogP contribution in [0.25, 0.3) is 0 Å². The quantitative estimate of drug-likeness (QED) is 0.736. The Morgan fingerprint density at radius 1 is 1.33 bits per heavy atom. The predicted octanol–water partition coefficient (Wildman–Crippen LogP) is 3.82. The maximum Gasteiger partial charge on any atom is 0.393 e. The van der Waals surface area contributed by atoms with Gasteiger partial charge in [0.15, 0.2) is 0 Å². The summed E-state index contributed by atoms with van der Waals surface area (Å²) in [4.78, 5) is 10.8. The fourth-order valence-corrected chi connectivity index (χ4v) is 1.50. The van der Waals surface area contributed by atoms with Gasteiger partial charge in [0.05, 0.1) is 6.42 Å². The van der Waals surface area contributed by atoms with Crippen molar-refractivity contribution in [3.63, 3.8) is 0 Å². The summed E-state index contributed by atoms with van der Waals surface area (Å²) >= 11 is 10.7. The van der Waals surface area contributed by atoms with Gasteiger partial charge < -0.3 is 0 Å². The van der Waals surface area contributed by atoms with Gasteiger partial charge in [0, 0.05) is 10.6 Å². The van der Waals surface area contributed by atoms with E-state index in [0.717, 1.165) is 6.07 Å². The molecule has 0 unspecified atom stereocenters. The molecule has 0 saturated carbocycles. The van der Waals surface area contributed by atoms with Crippen LogP contribution in [0.3, 0.4) is 0 Å². The Labute approximate surface area is 93.8 Å². The molecule has 0 atom stereocenters. The number of hydrogen-bond donors (Lipinski definition) is 0. The minimum Gasteiger partial charge on any atom is -0.276 e. The maximum absolute atomic E-state index is 12.1. The van der Waals surface area contributed by atoms with Crippen LogP contribution in [0.5, 0.6) is 0 Å². The third-order valence-electron chi connectivity index (χ3n) is 1.67. The van der Waals surface area contributed by atoms with Crippen molar-refractivity contribution in [2.45, 2.75) is 12.6 Å². The van der Waals surface area contributed by atoms with Crippen LogP contribution < -0.4 is 0 Å². The van der Waals surface area contributed by atoms with Gasteiger partial charge in [-0.05, 0) is 35.4 Å². The van der Waals surface area contributed by atoms with E-state index in [1.165, 1.54) is 12.1 Å². The number of benzene rings is 1. The Kier molecular flexibility index (Phi) is 3.62. The van der Waals surface area contributed by atoms with E-state index in [-0.39, 0.29) is 16.1 Å². The maximum atomic E-state index is 12.1. The van der Waals surface area contributed by atoms with Crippen LogP contribution in [0.1, 0.15) is 15.9 Å². The Bertz CT molecular complexity index is 387. The predicted molar refractivity (Wildman–Crippen MR) is 51.4 cm³/mol. The second kappa shape index (κ2) is 4.41. The molecule has 0 spiro atoms. The highest BCUT2D eigenvalue weighted by molar-refractivity contribution is 6.68. The lowest BCUT2D eigenvalue weighted by Crippen LogP contribution is -2.13. The number of carbonyl (C=O) groups is 1. The monoisotopic (exact) mass is 256 g/mol. The molecule has 1 nitrogen and oxygen atoms in total. The molecule has 0 amide bonds. The first-order chi connectivity index (χ1) is 6.79. The zero-order valence-electron chi connectivity index (χ0n) is 7.24. The summed E-state index contributed by atoms with van der Waals surface area (Å²) in [6.07, 6.45) is -5.62. The Balaban J connectivity index is 3.13. The molecule has 0 aliphatic heterocycles. The first kappa shape index (κ1) is 12.3. The summed E-state index contributed by atoms with van der Waals surface area (Å²) in [7, 11) is 0. The van der Waals surface area contributed by atoms with Crippen LogP contribution in [-0.4, -0.2) is 11.4 Å². The molecule has 6 heteroatoms. The van der Waals surface area contributed by atoms with Crippen molar-refractivity contribution in [2.24, 2.45) is 0 Å². The summed E-state index contributed by atoms with van der Waals surface area (Å²) in [5, 5.41) is -0.790. The summed E-state index contributed by atoms with van der Waals surface area (Å²) in [6.45, 7) is 0. The standard InChI is InChI=1S/C9H5Cl2F3O/c10-6-1-2-7(8(11)15)5(3-6)4-9(12,13)14/h1-3H,4H2. The van der Waals surface area contributed by atoms with Crippen molar-refractivity contribution < 1.29 is 18.0 Å². The van der Waals surface area contributed by atoms with E-state index in [1.54, 1.807) is 0 Å². The fraction of sp³-hybridized carbons (Fsp3) is 0.222. The number of carbonyl (C=O) groups excluding carboxylic acids is 1. The molecule has 0 aromatic heterocycles. The van der Waals surface area contributed by atoms with E-state index in [1.807, 2.05) is 0 Å². The smallest absolute Gasteiger partial charge is 0.276 e. The van der Waals surface area contributed by atoms with Gasteiger partial charge >= 0.3 is 6.18 Å². The molecule has 0 N–H and O–H groups in total. The molecule has 0 radical (unpaired) electrons. The van der Waals surface area contributed by atoms with E-state index in [0.29, 0.717) is 0 Å². The van der Waals surface area contributed by atoms with E-state index in [9.17, 15) is 18.0 Å². The molecule has 82 valence electrons. The molecule has 0 fully saturated rings. The van der Waals surface area contributed by atoms with Crippen LogP contribution >= 0.6 is 23.2 Å². The largest absolute Gasteiger partial charge is 0.393 e. The number of halogens is 5. The fourth-order valence-electron chi connectivity index (χ4n) is 1.12. The van der Waals surface area contributed by atoms with Crippen molar-refractivity contribution in [1.82, 2.24) is 0 Å². The van der Waals surface area contributed by atoms with Crippen LogP contribution in [-0.2, 0) is 6.42 Å². The van der Waals surface area contributed by atoms with Gasteiger partial charge in [-0.1, -0.05) is 11.6 Å². The molecule has 0 aliphatic carbocycles. The molecule has 0 aliphatic rings.